The van der Waals surface area contributed by atoms with Crippen molar-refractivity contribution in [3.63, 3.8) is 0 Å². The molecule has 0 saturated carbocycles. The first-order valence-electron chi connectivity index (χ1n) is 6.10. The summed E-state index contributed by atoms with van der Waals surface area (Å²) in [6, 6.07) is 7.72. The molecule has 0 amide bonds. The van der Waals surface area contributed by atoms with Gasteiger partial charge in [0.1, 0.15) is 5.03 Å². The molecule has 0 aliphatic rings. The summed E-state index contributed by atoms with van der Waals surface area (Å²) in [6.07, 6.45) is -2.43. The van der Waals surface area contributed by atoms with Gasteiger partial charge in [-0.15, -0.1) is 0 Å². The van der Waals surface area contributed by atoms with E-state index in [1.807, 2.05) is 0 Å². The summed E-state index contributed by atoms with van der Waals surface area (Å²) < 4.78 is 40.3. The van der Waals surface area contributed by atoms with Crippen molar-refractivity contribution in [3.8, 4) is 0 Å². The summed E-state index contributed by atoms with van der Waals surface area (Å²) >= 11 is 4.23. The summed E-state index contributed by atoms with van der Waals surface area (Å²) in [6.45, 7) is 0.318. The molecule has 0 spiro atoms. The SMILES string of the molecule is NCCc1ccc(Sc2ccc(Br)cn2)c(C(F)(F)F)c1. The Bertz CT molecular complexity index is 615. The largest absolute Gasteiger partial charge is 0.417 e. The van der Waals surface area contributed by atoms with Gasteiger partial charge in [-0.2, -0.15) is 13.2 Å². The number of nitrogens with zero attached hydrogens (tertiary/aromatic N) is 1. The van der Waals surface area contributed by atoms with Crippen LogP contribution in [0, 0.1) is 0 Å². The van der Waals surface area contributed by atoms with Gasteiger partial charge in [0.2, 0.25) is 0 Å². The number of aromatic nitrogens is 1. The second-order valence-corrected chi connectivity index (χ2v) is 6.26. The number of pyridine rings is 1. The molecule has 2 N–H and O–H groups in total. The highest BCUT2D eigenvalue weighted by Crippen LogP contribution is 2.39. The highest BCUT2D eigenvalue weighted by Gasteiger charge is 2.34. The lowest BCUT2D eigenvalue weighted by molar-refractivity contribution is -0.139. The van der Waals surface area contributed by atoms with Gasteiger partial charge in [-0.1, -0.05) is 17.8 Å². The van der Waals surface area contributed by atoms with Crippen molar-refractivity contribution < 1.29 is 13.2 Å². The Morgan fingerprint density at radius 1 is 1.19 bits per heavy atom. The van der Waals surface area contributed by atoms with Crippen LogP contribution in [0.1, 0.15) is 11.1 Å². The zero-order valence-corrected chi connectivity index (χ0v) is 13.2. The van der Waals surface area contributed by atoms with Crippen LogP contribution >= 0.6 is 27.7 Å². The minimum atomic E-state index is -4.40. The lowest BCUT2D eigenvalue weighted by Crippen LogP contribution is -2.09. The molecule has 2 nitrogen and oxygen atoms in total. The minimum Gasteiger partial charge on any atom is -0.330 e. The maximum atomic E-state index is 13.2. The van der Waals surface area contributed by atoms with E-state index in [4.69, 9.17) is 5.73 Å². The molecule has 2 aromatic rings. The van der Waals surface area contributed by atoms with Crippen LogP contribution in [0.3, 0.4) is 0 Å². The lowest BCUT2D eigenvalue weighted by atomic mass is 10.1. The molecule has 0 fully saturated rings. The van der Waals surface area contributed by atoms with Gasteiger partial charge >= 0.3 is 6.18 Å². The van der Waals surface area contributed by atoms with Gasteiger partial charge in [0.05, 0.1) is 5.56 Å². The van der Waals surface area contributed by atoms with E-state index in [1.165, 1.54) is 6.07 Å². The highest BCUT2D eigenvalue weighted by molar-refractivity contribution is 9.10. The molecule has 7 heteroatoms. The summed E-state index contributed by atoms with van der Waals surface area (Å²) in [5.41, 5.74) is 5.33. The standard InChI is InChI=1S/C14H12BrF3N2S/c15-10-2-4-13(20-8-10)21-12-3-1-9(5-6-19)7-11(12)14(16,17)18/h1-4,7-8H,5-6,19H2. The number of hydrogen-bond acceptors (Lipinski definition) is 3. The molecular weight excluding hydrogens is 365 g/mol. The zero-order chi connectivity index (χ0) is 15.5. The Morgan fingerprint density at radius 2 is 1.95 bits per heavy atom. The van der Waals surface area contributed by atoms with Gasteiger partial charge in [0.15, 0.2) is 0 Å². The van der Waals surface area contributed by atoms with Crippen molar-refractivity contribution in [1.29, 1.82) is 0 Å². The monoisotopic (exact) mass is 376 g/mol. The second kappa shape index (κ2) is 6.81. The molecule has 0 radical (unpaired) electrons. The normalized spacial score (nSPS) is 11.7. The quantitative estimate of drug-likeness (QED) is 0.852. The predicted octanol–water partition coefficient (Wildman–Crippen LogP) is 4.52. The molecule has 112 valence electrons. The van der Waals surface area contributed by atoms with Gasteiger partial charge in [-0.05, 0) is 58.7 Å². The summed E-state index contributed by atoms with van der Waals surface area (Å²) in [4.78, 5) is 4.22. The fourth-order valence-corrected chi connectivity index (χ4v) is 2.87. The number of halogens is 4. The minimum absolute atomic E-state index is 0.137. The molecule has 1 aromatic carbocycles. The third kappa shape index (κ3) is 4.46. The molecule has 0 aliphatic carbocycles. The van der Waals surface area contributed by atoms with E-state index >= 15 is 0 Å². The molecule has 1 aromatic heterocycles. The fourth-order valence-electron chi connectivity index (χ4n) is 1.75. The van der Waals surface area contributed by atoms with Gasteiger partial charge in [0, 0.05) is 15.6 Å². The molecule has 21 heavy (non-hydrogen) atoms. The molecule has 2 rings (SSSR count). The Balaban J connectivity index is 2.35. The highest BCUT2D eigenvalue weighted by atomic mass is 79.9. The summed E-state index contributed by atoms with van der Waals surface area (Å²) in [5.74, 6) is 0. The van der Waals surface area contributed by atoms with Gasteiger partial charge in [0.25, 0.3) is 0 Å². The van der Waals surface area contributed by atoms with Gasteiger partial charge < -0.3 is 5.73 Å². The lowest BCUT2D eigenvalue weighted by Gasteiger charge is -2.14. The Morgan fingerprint density at radius 3 is 2.52 bits per heavy atom. The number of rotatable bonds is 4. The molecule has 0 aliphatic heterocycles. The van der Waals surface area contributed by atoms with Crippen LogP contribution in [0.5, 0.6) is 0 Å². The first-order chi connectivity index (χ1) is 9.90. The topological polar surface area (TPSA) is 38.9 Å². The smallest absolute Gasteiger partial charge is 0.330 e. The second-order valence-electron chi connectivity index (χ2n) is 4.28. The first kappa shape index (κ1) is 16.3. The molecule has 0 unspecified atom stereocenters. The van der Waals surface area contributed by atoms with Crippen molar-refractivity contribution >= 4 is 27.7 Å². The zero-order valence-electron chi connectivity index (χ0n) is 10.8. The van der Waals surface area contributed by atoms with Crippen molar-refractivity contribution in [2.24, 2.45) is 5.73 Å². The van der Waals surface area contributed by atoms with E-state index < -0.39 is 11.7 Å². The third-order valence-electron chi connectivity index (χ3n) is 2.70. The predicted molar refractivity (Wildman–Crippen MR) is 80.3 cm³/mol. The van der Waals surface area contributed by atoms with Crippen LogP contribution in [0.4, 0.5) is 13.2 Å². The van der Waals surface area contributed by atoms with E-state index in [9.17, 15) is 13.2 Å². The van der Waals surface area contributed by atoms with E-state index in [0.29, 0.717) is 23.6 Å². The fraction of sp³-hybridized carbons (Fsp3) is 0.214. The number of nitrogens with two attached hydrogens (primary N) is 1. The van der Waals surface area contributed by atoms with Crippen molar-refractivity contribution in [2.75, 3.05) is 6.54 Å². The average Bonchev–Trinajstić information content (AvgIpc) is 2.42. The Kier molecular flexibility index (Phi) is 5.29. The first-order valence-corrected chi connectivity index (χ1v) is 7.70. The summed E-state index contributed by atoms with van der Waals surface area (Å²) in [7, 11) is 0. The average molecular weight is 377 g/mol. The maximum absolute atomic E-state index is 13.2. The van der Waals surface area contributed by atoms with Crippen LogP contribution in [0.25, 0.3) is 0 Å². The van der Waals surface area contributed by atoms with E-state index in [2.05, 4.69) is 20.9 Å². The molecular formula is C14H12BrF3N2S. The maximum Gasteiger partial charge on any atom is 0.417 e. The van der Waals surface area contributed by atoms with Crippen LogP contribution in [0.15, 0.2) is 50.9 Å². The van der Waals surface area contributed by atoms with Crippen LogP contribution in [0.2, 0.25) is 0 Å². The summed E-state index contributed by atoms with van der Waals surface area (Å²) in [5, 5.41) is 0.510. The van der Waals surface area contributed by atoms with Gasteiger partial charge in [-0.3, -0.25) is 0 Å². The Hall–Kier alpha value is -1.05. The van der Waals surface area contributed by atoms with E-state index in [0.717, 1.165) is 22.3 Å². The van der Waals surface area contributed by atoms with Crippen LogP contribution in [-0.2, 0) is 12.6 Å². The van der Waals surface area contributed by atoms with Crippen molar-refractivity contribution in [3.05, 3.63) is 52.1 Å². The van der Waals surface area contributed by atoms with Gasteiger partial charge in [-0.25, -0.2) is 4.98 Å². The van der Waals surface area contributed by atoms with Crippen molar-refractivity contribution in [2.45, 2.75) is 22.5 Å². The molecule has 0 bridgehead atoms. The number of alkyl halides is 3. The van der Waals surface area contributed by atoms with Crippen LogP contribution < -0.4 is 5.73 Å². The number of benzene rings is 1. The van der Waals surface area contributed by atoms with E-state index in [-0.39, 0.29) is 4.90 Å². The molecule has 0 atom stereocenters. The number of hydrogen-bond donors (Lipinski definition) is 1. The van der Waals surface area contributed by atoms with Crippen LogP contribution in [-0.4, -0.2) is 11.5 Å². The third-order valence-corrected chi connectivity index (χ3v) is 4.19. The molecule has 1 heterocycles. The van der Waals surface area contributed by atoms with Crippen molar-refractivity contribution in [1.82, 2.24) is 4.98 Å². The molecule has 0 saturated heterocycles. The Labute approximate surface area is 133 Å². The van der Waals surface area contributed by atoms with E-state index in [1.54, 1.807) is 24.4 Å².